The highest BCUT2D eigenvalue weighted by atomic mass is 16.5. The van der Waals surface area contributed by atoms with Crippen LogP contribution < -0.4 is 10.5 Å². The van der Waals surface area contributed by atoms with Gasteiger partial charge in [0.2, 0.25) is 0 Å². The van der Waals surface area contributed by atoms with E-state index in [1.807, 2.05) is 53.3 Å². The molecule has 0 radical (unpaired) electrons. The molecule has 0 atom stereocenters. The van der Waals surface area contributed by atoms with Gasteiger partial charge in [0.05, 0.1) is 29.7 Å². The second-order valence-electron chi connectivity index (χ2n) is 4.69. The molecule has 0 aliphatic rings. The Morgan fingerprint density at radius 1 is 1.20 bits per heavy atom. The third-order valence-corrected chi connectivity index (χ3v) is 3.18. The number of nitrogens with two attached hydrogens (primary N) is 1. The third kappa shape index (κ3) is 2.20. The molecule has 0 amide bonds. The summed E-state index contributed by atoms with van der Waals surface area (Å²) in [6.07, 6.45) is 2.81. The summed E-state index contributed by atoms with van der Waals surface area (Å²) in [5, 5.41) is 5.55. The van der Waals surface area contributed by atoms with Crippen molar-refractivity contribution in [3.63, 3.8) is 0 Å². The molecular formula is C16H17N3O. The van der Waals surface area contributed by atoms with Crippen LogP contribution in [0.15, 0.2) is 48.7 Å². The fraction of sp³-hybridized carbons (Fsp3) is 0.188. The maximum Gasteiger partial charge on any atom is 0.144 e. The lowest BCUT2D eigenvalue weighted by atomic mass is 10.2. The first-order valence-corrected chi connectivity index (χ1v) is 6.75. The molecule has 4 heteroatoms. The highest BCUT2D eigenvalue weighted by Crippen LogP contribution is 2.26. The van der Waals surface area contributed by atoms with E-state index in [4.69, 9.17) is 10.5 Å². The molecular weight excluding hydrogens is 250 g/mol. The molecule has 2 N–H and O–H groups in total. The zero-order valence-corrected chi connectivity index (χ0v) is 11.4. The number of ether oxygens (including phenoxy) is 1. The highest BCUT2D eigenvalue weighted by molar-refractivity contribution is 5.80. The number of aromatic nitrogens is 2. The molecule has 0 aliphatic carbocycles. The fourth-order valence-electron chi connectivity index (χ4n) is 2.17. The molecule has 0 bridgehead atoms. The summed E-state index contributed by atoms with van der Waals surface area (Å²) in [5.74, 6) is 0.712. The Hall–Kier alpha value is -2.49. The SMILES string of the molecule is CCCOc1cc(-n2ncc3ccccc32)ccc1N. The number of nitrogen functional groups attached to an aromatic ring is 1. The van der Waals surface area contributed by atoms with E-state index in [-0.39, 0.29) is 0 Å². The Balaban J connectivity index is 2.05. The summed E-state index contributed by atoms with van der Waals surface area (Å²) in [5.41, 5.74) is 8.61. The first kappa shape index (κ1) is 12.5. The number of benzene rings is 2. The van der Waals surface area contributed by atoms with Gasteiger partial charge in [-0.1, -0.05) is 25.1 Å². The van der Waals surface area contributed by atoms with E-state index in [2.05, 4.69) is 12.0 Å². The lowest BCUT2D eigenvalue weighted by molar-refractivity contribution is 0.319. The van der Waals surface area contributed by atoms with Gasteiger partial charge in [-0.3, -0.25) is 0 Å². The van der Waals surface area contributed by atoms with E-state index in [1.165, 1.54) is 0 Å². The first-order valence-electron chi connectivity index (χ1n) is 6.75. The topological polar surface area (TPSA) is 53.1 Å². The zero-order chi connectivity index (χ0) is 13.9. The summed E-state index contributed by atoms with van der Waals surface area (Å²) in [6.45, 7) is 2.73. The van der Waals surface area contributed by atoms with E-state index in [9.17, 15) is 0 Å². The minimum Gasteiger partial charge on any atom is -0.491 e. The summed E-state index contributed by atoms with van der Waals surface area (Å²) in [6, 6.07) is 13.9. The smallest absolute Gasteiger partial charge is 0.144 e. The average molecular weight is 267 g/mol. The molecule has 0 spiro atoms. The second kappa shape index (κ2) is 5.25. The van der Waals surface area contributed by atoms with E-state index in [0.29, 0.717) is 18.0 Å². The maximum absolute atomic E-state index is 5.94. The van der Waals surface area contributed by atoms with Gasteiger partial charge in [0.25, 0.3) is 0 Å². The molecule has 4 nitrogen and oxygen atoms in total. The number of nitrogens with zero attached hydrogens (tertiary/aromatic N) is 2. The minimum atomic E-state index is 0.652. The lowest BCUT2D eigenvalue weighted by Gasteiger charge is -2.10. The molecule has 20 heavy (non-hydrogen) atoms. The molecule has 102 valence electrons. The Morgan fingerprint density at radius 3 is 2.90 bits per heavy atom. The summed E-state index contributed by atoms with van der Waals surface area (Å²) >= 11 is 0. The van der Waals surface area contributed by atoms with Crippen LogP contribution in [0.4, 0.5) is 5.69 Å². The standard InChI is InChI=1S/C16H17N3O/c1-2-9-20-16-10-13(7-8-14(16)17)19-15-6-4-3-5-12(15)11-18-19/h3-8,10-11H,2,9,17H2,1H3. The molecule has 3 aromatic rings. The van der Waals surface area contributed by atoms with Crippen molar-refractivity contribution >= 4 is 16.6 Å². The van der Waals surface area contributed by atoms with Crippen LogP contribution in [-0.4, -0.2) is 16.4 Å². The van der Waals surface area contributed by atoms with Gasteiger partial charge in [-0.15, -0.1) is 0 Å². The Morgan fingerprint density at radius 2 is 2.05 bits per heavy atom. The van der Waals surface area contributed by atoms with Gasteiger partial charge in [0, 0.05) is 11.5 Å². The van der Waals surface area contributed by atoms with Crippen molar-refractivity contribution in [2.45, 2.75) is 13.3 Å². The summed E-state index contributed by atoms with van der Waals surface area (Å²) < 4.78 is 7.57. The second-order valence-corrected chi connectivity index (χ2v) is 4.69. The van der Waals surface area contributed by atoms with E-state index in [1.54, 1.807) is 0 Å². The quantitative estimate of drug-likeness (QED) is 0.737. The molecule has 0 fully saturated rings. The van der Waals surface area contributed by atoms with Gasteiger partial charge in [-0.2, -0.15) is 5.10 Å². The van der Waals surface area contributed by atoms with Crippen LogP contribution in [0.5, 0.6) is 5.75 Å². The average Bonchev–Trinajstić information content (AvgIpc) is 2.90. The van der Waals surface area contributed by atoms with Crippen LogP contribution in [0, 0.1) is 0 Å². The number of hydrogen-bond acceptors (Lipinski definition) is 3. The predicted octanol–water partition coefficient (Wildman–Crippen LogP) is 3.40. The molecule has 1 aromatic heterocycles. The monoisotopic (exact) mass is 267 g/mol. The van der Waals surface area contributed by atoms with E-state index >= 15 is 0 Å². The molecule has 2 aromatic carbocycles. The molecule has 0 aliphatic heterocycles. The predicted molar refractivity (Wildman–Crippen MR) is 81.3 cm³/mol. The van der Waals surface area contributed by atoms with Crippen molar-refractivity contribution < 1.29 is 4.74 Å². The first-order chi connectivity index (χ1) is 9.79. The Kier molecular flexibility index (Phi) is 3.29. The summed E-state index contributed by atoms with van der Waals surface area (Å²) in [7, 11) is 0. The van der Waals surface area contributed by atoms with E-state index < -0.39 is 0 Å². The van der Waals surface area contributed by atoms with Gasteiger partial charge in [0.1, 0.15) is 5.75 Å². The van der Waals surface area contributed by atoms with Crippen LogP contribution >= 0.6 is 0 Å². The van der Waals surface area contributed by atoms with Gasteiger partial charge < -0.3 is 10.5 Å². The van der Waals surface area contributed by atoms with E-state index in [0.717, 1.165) is 23.0 Å². The van der Waals surface area contributed by atoms with Gasteiger partial charge >= 0.3 is 0 Å². The molecule has 0 unspecified atom stereocenters. The Labute approximate surface area is 117 Å². The van der Waals surface area contributed by atoms with Gasteiger partial charge in [-0.25, -0.2) is 4.68 Å². The van der Waals surface area contributed by atoms with Crippen molar-refractivity contribution in [2.75, 3.05) is 12.3 Å². The summed E-state index contributed by atoms with van der Waals surface area (Å²) in [4.78, 5) is 0. The number of fused-ring (bicyclic) bond motifs is 1. The number of anilines is 1. The largest absolute Gasteiger partial charge is 0.491 e. The van der Waals surface area contributed by atoms with Crippen LogP contribution in [0.1, 0.15) is 13.3 Å². The van der Waals surface area contributed by atoms with Crippen molar-refractivity contribution in [1.82, 2.24) is 9.78 Å². The zero-order valence-electron chi connectivity index (χ0n) is 11.4. The van der Waals surface area contributed by atoms with Crippen molar-refractivity contribution in [3.05, 3.63) is 48.7 Å². The van der Waals surface area contributed by atoms with Crippen LogP contribution in [-0.2, 0) is 0 Å². The van der Waals surface area contributed by atoms with Crippen LogP contribution in [0.3, 0.4) is 0 Å². The van der Waals surface area contributed by atoms with Crippen LogP contribution in [0.25, 0.3) is 16.6 Å². The fourth-order valence-corrected chi connectivity index (χ4v) is 2.17. The molecule has 1 heterocycles. The third-order valence-electron chi connectivity index (χ3n) is 3.18. The Bertz CT molecular complexity index is 733. The van der Waals surface area contributed by atoms with Crippen LogP contribution in [0.2, 0.25) is 0 Å². The highest BCUT2D eigenvalue weighted by Gasteiger charge is 2.07. The minimum absolute atomic E-state index is 0.652. The molecule has 0 saturated heterocycles. The number of para-hydroxylation sites is 1. The maximum atomic E-state index is 5.94. The lowest BCUT2D eigenvalue weighted by Crippen LogP contribution is -2.02. The van der Waals surface area contributed by atoms with Crippen molar-refractivity contribution in [2.24, 2.45) is 0 Å². The molecule has 0 saturated carbocycles. The number of rotatable bonds is 4. The number of hydrogen-bond donors (Lipinski definition) is 1. The van der Waals surface area contributed by atoms with Crippen molar-refractivity contribution in [1.29, 1.82) is 0 Å². The van der Waals surface area contributed by atoms with Gasteiger partial charge in [-0.05, 0) is 24.6 Å². The van der Waals surface area contributed by atoms with Gasteiger partial charge in [0.15, 0.2) is 0 Å². The molecule has 3 rings (SSSR count). The normalized spacial score (nSPS) is 10.8. The van der Waals surface area contributed by atoms with Crippen molar-refractivity contribution in [3.8, 4) is 11.4 Å².